The van der Waals surface area contributed by atoms with Gasteiger partial charge in [-0.3, -0.25) is 9.36 Å². The van der Waals surface area contributed by atoms with Crippen LogP contribution >= 0.6 is 0 Å². The molecule has 0 aliphatic carbocycles. The molecule has 9 heteroatoms. The molecule has 0 radical (unpaired) electrons. The number of fused-ring (bicyclic) bond motifs is 1. The van der Waals surface area contributed by atoms with Gasteiger partial charge in [0, 0.05) is 32.2 Å². The molecule has 4 rings (SSSR count). The van der Waals surface area contributed by atoms with E-state index in [1.54, 1.807) is 11.0 Å². The Morgan fingerprint density at radius 1 is 1.10 bits per heavy atom. The number of hydrogen-bond donors (Lipinski definition) is 0. The van der Waals surface area contributed by atoms with Gasteiger partial charge < -0.3 is 9.32 Å². The van der Waals surface area contributed by atoms with Crippen LogP contribution in [0, 0.1) is 5.92 Å². The molecule has 0 N–H and O–H groups in total. The number of piperidine rings is 1. The predicted octanol–water partition coefficient (Wildman–Crippen LogP) is 2.42. The Balaban J connectivity index is 1.59. The van der Waals surface area contributed by atoms with Gasteiger partial charge in [0.05, 0.1) is 10.4 Å². The third-order valence-electron chi connectivity index (χ3n) is 6.15. The second-order valence-corrected chi connectivity index (χ2v) is 10.4. The van der Waals surface area contributed by atoms with Gasteiger partial charge in [-0.2, -0.15) is 4.31 Å². The summed E-state index contributed by atoms with van der Waals surface area (Å²) < 4.78 is 34.2. The second kappa shape index (κ2) is 8.55. The summed E-state index contributed by atoms with van der Waals surface area (Å²) in [5.74, 6) is -0.312. The maximum absolute atomic E-state index is 13.0. The predicted molar refractivity (Wildman–Crippen MR) is 113 cm³/mol. The Bertz CT molecular complexity index is 1080. The fourth-order valence-electron chi connectivity index (χ4n) is 4.44. The van der Waals surface area contributed by atoms with Crippen LogP contribution in [0.5, 0.6) is 0 Å². The van der Waals surface area contributed by atoms with Gasteiger partial charge in [0.2, 0.25) is 15.9 Å². The summed E-state index contributed by atoms with van der Waals surface area (Å²) in [6.45, 7) is 4.43. The fraction of sp³-hybridized carbons (Fsp3) is 0.619. The zero-order chi connectivity index (χ0) is 21.3. The van der Waals surface area contributed by atoms with E-state index in [0.717, 1.165) is 38.5 Å². The van der Waals surface area contributed by atoms with Crippen molar-refractivity contribution in [1.29, 1.82) is 0 Å². The van der Waals surface area contributed by atoms with E-state index in [9.17, 15) is 18.0 Å². The number of hydrogen-bond acceptors (Lipinski definition) is 5. The van der Waals surface area contributed by atoms with Gasteiger partial charge >= 0.3 is 5.76 Å². The van der Waals surface area contributed by atoms with Crippen molar-refractivity contribution < 1.29 is 17.6 Å². The van der Waals surface area contributed by atoms with Crippen molar-refractivity contribution in [3.8, 4) is 0 Å². The largest absolute Gasteiger partial charge is 0.420 e. The fourth-order valence-corrected chi connectivity index (χ4v) is 5.97. The molecule has 2 aliphatic heterocycles. The van der Waals surface area contributed by atoms with Gasteiger partial charge in [0.25, 0.3) is 0 Å². The molecule has 3 heterocycles. The lowest BCUT2D eigenvalue weighted by molar-refractivity contribution is -0.133. The molecule has 2 aliphatic rings. The zero-order valence-corrected chi connectivity index (χ0v) is 18.2. The standard InChI is InChI=1S/C21H29N3O5S/c1-16-7-6-10-22(14-16)20(25)15-24-18-9-8-17(13-19(18)29-21(24)26)30(27,28)23-11-4-2-3-5-12-23/h8-9,13,16H,2-7,10-12,14-15H2,1H3/t16-/m1/s1. The summed E-state index contributed by atoms with van der Waals surface area (Å²) in [4.78, 5) is 27.0. The van der Waals surface area contributed by atoms with Gasteiger partial charge in [-0.25, -0.2) is 13.2 Å². The third kappa shape index (κ3) is 4.18. The highest BCUT2D eigenvalue weighted by Gasteiger charge is 2.27. The molecule has 2 aromatic rings. The molecule has 1 aromatic carbocycles. The Hall–Kier alpha value is -2.13. The summed E-state index contributed by atoms with van der Waals surface area (Å²) in [5.41, 5.74) is 0.629. The van der Waals surface area contributed by atoms with E-state index in [2.05, 4.69) is 6.92 Å². The van der Waals surface area contributed by atoms with Crippen LogP contribution in [0.2, 0.25) is 0 Å². The van der Waals surface area contributed by atoms with Crippen molar-refractivity contribution in [3.05, 3.63) is 28.7 Å². The second-order valence-electron chi connectivity index (χ2n) is 8.49. The van der Waals surface area contributed by atoms with E-state index in [1.807, 2.05) is 0 Å². The molecule has 1 amide bonds. The number of nitrogens with zero attached hydrogens (tertiary/aromatic N) is 3. The van der Waals surface area contributed by atoms with Crippen LogP contribution in [0.3, 0.4) is 0 Å². The number of likely N-dealkylation sites (tertiary alicyclic amines) is 1. The number of carbonyl (C=O) groups excluding carboxylic acids is 1. The van der Waals surface area contributed by atoms with Crippen LogP contribution in [0.15, 0.2) is 32.3 Å². The number of carbonyl (C=O) groups is 1. The van der Waals surface area contributed by atoms with Gasteiger partial charge in [-0.1, -0.05) is 19.8 Å². The lowest BCUT2D eigenvalue weighted by Gasteiger charge is -2.30. The van der Waals surface area contributed by atoms with E-state index in [0.29, 0.717) is 37.6 Å². The monoisotopic (exact) mass is 435 g/mol. The molecule has 0 bridgehead atoms. The minimum absolute atomic E-state index is 0.100. The molecular weight excluding hydrogens is 406 g/mol. The van der Waals surface area contributed by atoms with E-state index < -0.39 is 15.8 Å². The van der Waals surface area contributed by atoms with Gasteiger partial charge in [0.15, 0.2) is 5.58 Å². The maximum Gasteiger partial charge on any atom is 0.420 e. The van der Waals surface area contributed by atoms with Crippen LogP contribution in [0.1, 0.15) is 45.4 Å². The minimum Gasteiger partial charge on any atom is -0.408 e. The molecule has 0 spiro atoms. The van der Waals surface area contributed by atoms with Crippen molar-refractivity contribution in [2.45, 2.75) is 56.9 Å². The SMILES string of the molecule is C[C@@H]1CCCN(C(=O)Cn2c(=O)oc3cc(S(=O)(=O)N4CCCCCC4)ccc32)C1. The third-order valence-corrected chi connectivity index (χ3v) is 8.04. The normalized spacial score (nSPS) is 21.6. The first-order valence-corrected chi connectivity index (χ1v) is 12.2. The lowest BCUT2D eigenvalue weighted by atomic mass is 10.0. The molecule has 0 saturated carbocycles. The molecular formula is C21H29N3O5S. The average Bonchev–Trinajstić information content (AvgIpc) is 2.90. The highest BCUT2D eigenvalue weighted by molar-refractivity contribution is 7.89. The van der Waals surface area contributed by atoms with Crippen LogP contribution in [-0.4, -0.2) is 54.3 Å². The molecule has 1 aromatic heterocycles. The number of rotatable bonds is 4. The first kappa shape index (κ1) is 21.1. The van der Waals surface area contributed by atoms with Crippen molar-refractivity contribution >= 4 is 27.0 Å². The van der Waals surface area contributed by atoms with Crippen molar-refractivity contribution in [2.24, 2.45) is 5.92 Å². The van der Waals surface area contributed by atoms with Crippen molar-refractivity contribution in [2.75, 3.05) is 26.2 Å². The van der Waals surface area contributed by atoms with Crippen molar-refractivity contribution in [3.63, 3.8) is 0 Å². The van der Waals surface area contributed by atoms with Gasteiger partial charge in [0.1, 0.15) is 6.54 Å². The smallest absolute Gasteiger partial charge is 0.408 e. The van der Waals surface area contributed by atoms with E-state index in [-0.39, 0.29) is 22.9 Å². The minimum atomic E-state index is -3.64. The zero-order valence-electron chi connectivity index (χ0n) is 17.4. The average molecular weight is 436 g/mol. The quantitative estimate of drug-likeness (QED) is 0.735. The van der Waals surface area contributed by atoms with Crippen LogP contribution in [-0.2, 0) is 21.4 Å². The Morgan fingerprint density at radius 2 is 1.83 bits per heavy atom. The van der Waals surface area contributed by atoms with Crippen LogP contribution in [0.4, 0.5) is 0 Å². The Labute approximate surface area is 176 Å². The number of oxazole rings is 1. The number of sulfonamides is 1. The first-order valence-electron chi connectivity index (χ1n) is 10.8. The lowest BCUT2D eigenvalue weighted by Crippen LogP contribution is -2.41. The molecule has 1 atom stereocenters. The summed E-state index contributed by atoms with van der Waals surface area (Å²) in [7, 11) is -3.64. The molecule has 30 heavy (non-hydrogen) atoms. The first-order chi connectivity index (χ1) is 14.4. The molecule has 0 unspecified atom stereocenters. The summed E-state index contributed by atoms with van der Waals surface area (Å²) in [5, 5.41) is 0. The highest BCUT2D eigenvalue weighted by Crippen LogP contribution is 2.24. The van der Waals surface area contributed by atoms with Crippen molar-refractivity contribution in [1.82, 2.24) is 13.8 Å². The summed E-state index contributed by atoms with van der Waals surface area (Å²) >= 11 is 0. The molecule has 8 nitrogen and oxygen atoms in total. The van der Waals surface area contributed by atoms with Crippen LogP contribution in [0.25, 0.3) is 11.1 Å². The van der Waals surface area contributed by atoms with E-state index >= 15 is 0 Å². The maximum atomic E-state index is 13.0. The number of amides is 1. The van der Waals surface area contributed by atoms with Gasteiger partial charge in [-0.05, 0) is 43.7 Å². The topological polar surface area (TPSA) is 92.8 Å². The van der Waals surface area contributed by atoms with E-state index in [1.165, 1.54) is 21.0 Å². The molecule has 164 valence electrons. The number of aromatic nitrogens is 1. The van der Waals surface area contributed by atoms with E-state index in [4.69, 9.17) is 4.42 Å². The van der Waals surface area contributed by atoms with Gasteiger partial charge in [-0.15, -0.1) is 0 Å². The summed E-state index contributed by atoms with van der Waals surface area (Å²) in [6.07, 6.45) is 5.84. The highest BCUT2D eigenvalue weighted by atomic mass is 32.2. The Morgan fingerprint density at radius 3 is 2.53 bits per heavy atom. The molecule has 2 saturated heterocycles. The number of benzene rings is 1. The van der Waals surface area contributed by atoms with Crippen LogP contribution < -0.4 is 5.76 Å². The summed E-state index contributed by atoms with van der Waals surface area (Å²) in [6, 6.07) is 4.47. The molecule has 2 fully saturated rings. The Kier molecular flexibility index (Phi) is 6.02.